The van der Waals surface area contributed by atoms with E-state index in [1.807, 2.05) is 30.3 Å². The maximum absolute atomic E-state index is 14.6. The van der Waals surface area contributed by atoms with E-state index < -0.39 is 5.82 Å². The first-order valence-corrected chi connectivity index (χ1v) is 16.3. The molecule has 4 heterocycles. The Labute approximate surface area is 277 Å². The van der Waals surface area contributed by atoms with Crippen molar-refractivity contribution in [1.29, 1.82) is 0 Å². The Bertz CT molecular complexity index is 1900. The predicted octanol–water partition coefficient (Wildman–Crippen LogP) is 7.03. The Kier molecular flexibility index (Phi) is 8.22. The molecule has 0 aliphatic carbocycles. The molecule has 3 fully saturated rings. The number of ether oxygens (including phenoxy) is 1. The number of benzene rings is 3. The summed E-state index contributed by atoms with van der Waals surface area (Å²) in [5.74, 6) is -0.0721. The van der Waals surface area contributed by atoms with Crippen molar-refractivity contribution in [1.82, 2.24) is 19.8 Å². The number of aromatic nitrogens is 2. The zero-order valence-electron chi connectivity index (χ0n) is 25.3. The molecule has 4 aromatic rings. The summed E-state index contributed by atoms with van der Waals surface area (Å²) in [6.07, 6.45) is 5.77. The maximum Gasteiger partial charge on any atom is 0.319 e. The van der Waals surface area contributed by atoms with Crippen molar-refractivity contribution in [2.24, 2.45) is 0 Å². The Morgan fingerprint density at radius 2 is 1.91 bits per heavy atom. The first-order valence-electron chi connectivity index (χ1n) is 15.6. The molecule has 46 heavy (non-hydrogen) atoms. The summed E-state index contributed by atoms with van der Waals surface area (Å²) in [5, 5.41) is 2.55. The first kappa shape index (κ1) is 30.7. The highest BCUT2D eigenvalue weighted by Crippen LogP contribution is 2.42. The fourth-order valence-electron chi connectivity index (χ4n) is 7.53. The number of amides is 1. The lowest BCUT2D eigenvalue weighted by molar-refractivity contribution is -0.128. The third-order valence-electron chi connectivity index (χ3n) is 9.79. The zero-order chi connectivity index (χ0) is 32.0. The fraction of sp³-hybridized carbons (Fsp3) is 0.371. The van der Waals surface area contributed by atoms with Crippen LogP contribution < -0.4 is 9.64 Å². The van der Waals surface area contributed by atoms with Crippen LogP contribution in [0.25, 0.3) is 37.6 Å². The summed E-state index contributed by atoms with van der Waals surface area (Å²) in [6.45, 7) is 15.3. The van der Waals surface area contributed by atoms with Gasteiger partial charge in [0.2, 0.25) is 12.5 Å². The van der Waals surface area contributed by atoms with Crippen molar-refractivity contribution < 1.29 is 13.9 Å². The number of anilines is 1. The average Bonchev–Trinajstić information content (AvgIpc) is 3.65. The van der Waals surface area contributed by atoms with Crippen molar-refractivity contribution >= 4 is 56.6 Å². The number of hydrogen-bond donors (Lipinski definition) is 0. The van der Waals surface area contributed by atoms with Crippen LogP contribution in [0.3, 0.4) is 0 Å². The van der Waals surface area contributed by atoms with Crippen LogP contribution >= 0.6 is 23.2 Å². The van der Waals surface area contributed by atoms with Gasteiger partial charge in [-0.25, -0.2) is 11.0 Å². The van der Waals surface area contributed by atoms with Gasteiger partial charge in [0.05, 0.1) is 16.1 Å². The highest BCUT2D eigenvalue weighted by molar-refractivity contribution is 6.38. The zero-order valence-corrected chi connectivity index (χ0v) is 26.8. The molecule has 1 atom stereocenters. The quantitative estimate of drug-likeness (QED) is 0.157. The van der Waals surface area contributed by atoms with E-state index in [-0.39, 0.29) is 35.1 Å². The van der Waals surface area contributed by atoms with E-state index in [9.17, 15) is 9.18 Å². The first-order chi connectivity index (χ1) is 22.3. The molecule has 1 amide bonds. The van der Waals surface area contributed by atoms with Crippen LogP contribution in [0.4, 0.5) is 10.2 Å². The van der Waals surface area contributed by atoms with Gasteiger partial charge in [0.15, 0.2) is 0 Å². The number of carbonyl (C=O) groups excluding carboxylic acids is 1. The summed E-state index contributed by atoms with van der Waals surface area (Å²) < 4.78 is 21.1. The number of hydrogen-bond acceptors (Lipinski definition) is 6. The normalized spacial score (nSPS) is 19.4. The minimum atomic E-state index is -0.505. The topological polar surface area (TPSA) is 66.2 Å². The Morgan fingerprint density at radius 1 is 1.11 bits per heavy atom. The van der Waals surface area contributed by atoms with Gasteiger partial charge in [-0.15, -0.1) is 0 Å². The van der Waals surface area contributed by atoms with Crippen LogP contribution in [0.2, 0.25) is 10.0 Å². The third-order valence-corrected chi connectivity index (χ3v) is 10.5. The van der Waals surface area contributed by atoms with Crippen molar-refractivity contribution in [2.75, 3.05) is 50.8 Å². The second kappa shape index (κ2) is 12.3. The van der Waals surface area contributed by atoms with Gasteiger partial charge in [0.1, 0.15) is 24.3 Å². The van der Waals surface area contributed by atoms with Gasteiger partial charge in [-0.1, -0.05) is 54.0 Å². The number of carbonyl (C=O) groups is 1. The fourth-order valence-corrected chi connectivity index (χ4v) is 8.07. The molecule has 3 saturated heterocycles. The van der Waals surface area contributed by atoms with Crippen LogP contribution in [0, 0.1) is 12.4 Å². The maximum atomic E-state index is 14.6. The molecule has 0 N–H and O–H groups in total. The summed E-state index contributed by atoms with van der Waals surface area (Å²) >= 11 is 13.5. The molecule has 8 nitrogen and oxygen atoms in total. The molecule has 0 bridgehead atoms. The van der Waals surface area contributed by atoms with Gasteiger partial charge in [-0.05, 0) is 74.0 Å². The Morgan fingerprint density at radius 3 is 2.67 bits per heavy atom. The summed E-state index contributed by atoms with van der Waals surface area (Å²) in [7, 11) is 0. The lowest BCUT2D eigenvalue weighted by atomic mass is 9.95. The predicted molar refractivity (Wildman–Crippen MR) is 180 cm³/mol. The number of piperazine rings is 1. The molecule has 0 saturated carbocycles. The smallest absolute Gasteiger partial charge is 0.319 e. The molecule has 0 spiro atoms. The molecule has 0 radical (unpaired) electrons. The van der Waals surface area contributed by atoms with Crippen LogP contribution in [0.1, 0.15) is 25.7 Å². The van der Waals surface area contributed by atoms with Crippen molar-refractivity contribution in [3.05, 3.63) is 82.4 Å². The number of nitrogens with zero attached hydrogens (tertiary/aromatic N) is 6. The minimum Gasteiger partial charge on any atom is -0.461 e. The molecule has 3 aliphatic rings. The number of rotatable bonds is 7. The summed E-state index contributed by atoms with van der Waals surface area (Å²) in [4.78, 5) is 32.4. The van der Waals surface area contributed by atoms with E-state index in [1.165, 1.54) is 12.1 Å². The van der Waals surface area contributed by atoms with E-state index in [0.29, 0.717) is 64.5 Å². The van der Waals surface area contributed by atoms with Crippen LogP contribution in [0.5, 0.6) is 6.01 Å². The van der Waals surface area contributed by atoms with Crippen molar-refractivity contribution in [2.45, 2.75) is 37.3 Å². The van der Waals surface area contributed by atoms with Gasteiger partial charge in [0, 0.05) is 41.0 Å². The van der Waals surface area contributed by atoms with Gasteiger partial charge in [0.25, 0.3) is 0 Å². The van der Waals surface area contributed by atoms with E-state index in [2.05, 4.69) is 21.2 Å². The van der Waals surface area contributed by atoms with E-state index in [0.717, 1.165) is 44.2 Å². The van der Waals surface area contributed by atoms with Crippen LogP contribution in [-0.4, -0.2) is 83.1 Å². The Balaban J connectivity index is 1.34. The SMILES string of the molecule is [C-]#[N+]C[C@H]1CN(c2nc(OCC34CCCN3CCC4)nc3cc(-c4cccc5ccc(F)c(Cl)c45)c(Cl)cc23)CCN1C(=O)C=C. The second-order valence-electron chi connectivity index (χ2n) is 12.3. The highest BCUT2D eigenvalue weighted by Gasteiger charge is 2.45. The van der Waals surface area contributed by atoms with Crippen molar-refractivity contribution in [3.8, 4) is 17.1 Å². The van der Waals surface area contributed by atoms with Gasteiger partial charge in [-0.2, -0.15) is 9.97 Å². The molecular weight excluding hydrogens is 626 g/mol. The van der Waals surface area contributed by atoms with Crippen molar-refractivity contribution in [3.63, 3.8) is 0 Å². The largest absolute Gasteiger partial charge is 0.461 e. The average molecular weight is 660 g/mol. The molecule has 236 valence electrons. The molecular formula is C35H33Cl2FN6O2. The van der Waals surface area contributed by atoms with Gasteiger partial charge >= 0.3 is 6.01 Å². The second-order valence-corrected chi connectivity index (χ2v) is 13.1. The molecule has 11 heteroatoms. The van der Waals surface area contributed by atoms with E-state index >= 15 is 0 Å². The molecule has 7 rings (SSSR count). The van der Waals surface area contributed by atoms with Gasteiger partial charge < -0.3 is 19.4 Å². The Hall–Kier alpha value is -3.97. The lowest BCUT2D eigenvalue weighted by Crippen LogP contribution is -2.56. The van der Waals surface area contributed by atoms with E-state index in [1.54, 1.807) is 11.0 Å². The third kappa shape index (κ3) is 5.32. The molecule has 1 aromatic heterocycles. The number of fused-ring (bicyclic) bond motifs is 3. The minimum absolute atomic E-state index is 0.00478. The molecule has 0 unspecified atom stereocenters. The van der Waals surface area contributed by atoms with Gasteiger partial charge in [-0.3, -0.25) is 9.69 Å². The molecule has 3 aromatic carbocycles. The summed E-state index contributed by atoms with van der Waals surface area (Å²) in [6, 6.07) is 12.4. The molecule has 3 aliphatic heterocycles. The number of halogens is 3. The van der Waals surface area contributed by atoms with Crippen LogP contribution in [-0.2, 0) is 4.79 Å². The van der Waals surface area contributed by atoms with Crippen LogP contribution in [0.15, 0.2) is 55.1 Å². The summed E-state index contributed by atoms with van der Waals surface area (Å²) in [5.41, 5.74) is 1.97. The monoisotopic (exact) mass is 658 g/mol. The van der Waals surface area contributed by atoms with E-state index in [4.69, 9.17) is 44.5 Å². The lowest BCUT2D eigenvalue weighted by Gasteiger charge is -2.39. The standard InChI is InChI=1S/C35H33Cl2FN6O2/c1-3-30(45)44-16-15-42(20-23(44)19-39-2)33-26-17-27(36)25(24-8-4-7-22-9-10-28(38)32(37)31(22)24)18-29(26)40-34(41-33)46-21-35-11-5-13-43(35)14-6-12-35/h3-4,7-10,17-18,23H,1,5-6,11-16,19-21H2/t23-/m0/s1. The highest BCUT2D eigenvalue weighted by atomic mass is 35.5.